The maximum absolute atomic E-state index is 11.4. The van der Waals surface area contributed by atoms with Crippen molar-refractivity contribution in [3.05, 3.63) is 46.5 Å². The minimum atomic E-state index is 0.0280. The van der Waals surface area contributed by atoms with E-state index in [1.54, 1.807) is 25.1 Å². The Hall–Kier alpha value is -1.08. The monoisotopic (exact) mass is 209 g/mol. The summed E-state index contributed by atoms with van der Waals surface area (Å²) >= 11 is 5.98. The van der Waals surface area contributed by atoms with Gasteiger partial charge in [0, 0.05) is 11.4 Å². The van der Waals surface area contributed by atoms with Crippen LogP contribution in [0.1, 0.15) is 19.4 Å². The lowest BCUT2D eigenvalue weighted by molar-refractivity contribution is -0.114. The highest BCUT2D eigenvalue weighted by molar-refractivity contribution is 6.31. The van der Waals surface area contributed by atoms with Crippen LogP contribution < -0.4 is 0 Å². The third kappa shape index (κ3) is 2.71. The molecule has 0 aliphatic rings. The smallest absolute Gasteiger partial charge is 0.159 e. The summed E-state index contributed by atoms with van der Waals surface area (Å²) < 4.78 is 7.45. The summed E-state index contributed by atoms with van der Waals surface area (Å²) in [4.78, 5) is 11.4. The predicted octanol–water partition coefficient (Wildman–Crippen LogP) is 3.34. The first-order chi connectivity index (χ1) is 7.04. The fourth-order valence-electron chi connectivity index (χ4n) is 1.25. The van der Waals surface area contributed by atoms with Crippen LogP contribution in [0.3, 0.4) is 0 Å². The molecule has 0 aliphatic carbocycles. The number of carbonyl (C=O) groups is 1. The Morgan fingerprint density at radius 3 is 2.93 bits per heavy atom. The molecule has 1 aromatic carbocycles. The number of ketones is 1. The zero-order chi connectivity index (χ0) is 11.4. The van der Waals surface area contributed by atoms with E-state index in [2.05, 4.69) is 0 Å². The van der Waals surface area contributed by atoms with Crippen LogP contribution in [0, 0.1) is 6.92 Å². The van der Waals surface area contributed by atoms with Crippen molar-refractivity contribution in [3.63, 3.8) is 0 Å². The fourth-order valence-corrected chi connectivity index (χ4v) is 1.52. The zero-order valence-electron chi connectivity index (χ0n) is 9.30. The third-order valence-corrected chi connectivity index (χ3v) is 2.31. The van der Waals surface area contributed by atoms with Crippen molar-refractivity contribution in [1.82, 2.24) is 0 Å². The molecule has 2 heteroatoms. The SMILES string of the molecule is [2H]c1cc(C)c(CC(=O)/C=C/C)c(Cl)c1. The molecule has 0 fully saturated rings. The quantitative estimate of drug-likeness (QED) is 0.698. The second-order valence-corrected chi connectivity index (χ2v) is 3.52. The molecule has 0 spiro atoms. The van der Waals surface area contributed by atoms with E-state index < -0.39 is 0 Å². The Labute approximate surface area is 90.8 Å². The van der Waals surface area contributed by atoms with Gasteiger partial charge in [-0.1, -0.05) is 29.8 Å². The van der Waals surface area contributed by atoms with Crippen molar-refractivity contribution in [2.24, 2.45) is 0 Å². The molecule has 0 atom stereocenters. The van der Waals surface area contributed by atoms with Crippen molar-refractivity contribution in [1.29, 1.82) is 0 Å². The second-order valence-electron chi connectivity index (χ2n) is 3.11. The molecular weight excluding hydrogens is 196 g/mol. The Morgan fingerprint density at radius 1 is 1.64 bits per heavy atom. The van der Waals surface area contributed by atoms with Crippen LogP contribution in [-0.4, -0.2) is 5.78 Å². The highest BCUT2D eigenvalue weighted by Crippen LogP contribution is 2.20. The predicted molar refractivity (Wildman–Crippen MR) is 59.7 cm³/mol. The van der Waals surface area contributed by atoms with Gasteiger partial charge < -0.3 is 0 Å². The van der Waals surface area contributed by atoms with Gasteiger partial charge in [0.05, 0.1) is 1.37 Å². The van der Waals surface area contributed by atoms with Crippen LogP contribution in [0.15, 0.2) is 30.3 Å². The molecule has 0 amide bonds. The maximum atomic E-state index is 11.4. The molecule has 0 aromatic heterocycles. The number of aryl methyl sites for hydroxylation is 1. The van der Waals surface area contributed by atoms with E-state index in [0.29, 0.717) is 17.5 Å². The molecule has 0 aliphatic heterocycles. The van der Waals surface area contributed by atoms with E-state index in [9.17, 15) is 4.79 Å². The molecule has 1 aromatic rings. The Kier molecular flexibility index (Phi) is 3.36. The van der Waals surface area contributed by atoms with Gasteiger partial charge in [0.2, 0.25) is 0 Å². The lowest BCUT2D eigenvalue weighted by Crippen LogP contribution is -2.01. The molecule has 0 radical (unpaired) electrons. The summed E-state index contributed by atoms with van der Waals surface area (Å²) in [5, 5.41) is 0.498. The maximum Gasteiger partial charge on any atom is 0.159 e. The number of benzene rings is 1. The average Bonchev–Trinajstić information content (AvgIpc) is 2.11. The first-order valence-electron chi connectivity index (χ1n) is 4.95. The number of halogens is 1. The molecule has 14 heavy (non-hydrogen) atoms. The van der Waals surface area contributed by atoms with Crippen LogP contribution in [-0.2, 0) is 11.2 Å². The summed E-state index contributed by atoms with van der Waals surface area (Å²) in [6.45, 7) is 3.67. The Bertz CT molecular complexity index is 387. The van der Waals surface area contributed by atoms with Gasteiger partial charge >= 0.3 is 0 Å². The van der Waals surface area contributed by atoms with E-state index >= 15 is 0 Å². The topological polar surface area (TPSA) is 17.1 Å². The molecule has 0 heterocycles. The van der Waals surface area contributed by atoms with Crippen LogP contribution in [0.5, 0.6) is 0 Å². The van der Waals surface area contributed by atoms with Gasteiger partial charge in [-0.25, -0.2) is 0 Å². The van der Waals surface area contributed by atoms with E-state index in [0.717, 1.165) is 11.1 Å². The van der Waals surface area contributed by atoms with Gasteiger partial charge in [-0.2, -0.15) is 0 Å². The zero-order valence-corrected chi connectivity index (χ0v) is 9.06. The van der Waals surface area contributed by atoms with Crippen molar-refractivity contribution >= 4 is 17.4 Å². The number of carbonyl (C=O) groups excluding carboxylic acids is 1. The first-order valence-corrected chi connectivity index (χ1v) is 4.83. The average molecular weight is 210 g/mol. The number of allylic oxidation sites excluding steroid dienone is 2. The summed E-state index contributed by atoms with van der Waals surface area (Å²) in [7, 11) is 0. The summed E-state index contributed by atoms with van der Waals surface area (Å²) in [5.74, 6) is 0.0280. The van der Waals surface area contributed by atoms with Gasteiger partial charge in [-0.3, -0.25) is 4.79 Å². The van der Waals surface area contributed by atoms with Crippen molar-refractivity contribution < 1.29 is 6.17 Å². The van der Waals surface area contributed by atoms with Crippen molar-refractivity contribution in [2.75, 3.05) is 0 Å². The van der Waals surface area contributed by atoms with Crippen LogP contribution >= 0.6 is 11.6 Å². The molecule has 0 bridgehead atoms. The Balaban J connectivity index is 3.00. The normalized spacial score (nSPS) is 11.8. The van der Waals surface area contributed by atoms with Gasteiger partial charge in [0.25, 0.3) is 0 Å². The second kappa shape index (κ2) is 4.97. The molecule has 1 nitrogen and oxygen atoms in total. The third-order valence-electron chi connectivity index (χ3n) is 1.98. The van der Waals surface area contributed by atoms with Crippen molar-refractivity contribution in [3.8, 4) is 0 Å². The minimum Gasteiger partial charge on any atom is -0.294 e. The first kappa shape index (κ1) is 9.47. The number of hydrogen-bond donors (Lipinski definition) is 0. The summed E-state index contributed by atoms with van der Waals surface area (Å²) in [5.41, 5.74) is 1.71. The highest BCUT2D eigenvalue weighted by atomic mass is 35.5. The number of rotatable bonds is 3. The van der Waals surface area contributed by atoms with Gasteiger partial charge in [-0.05, 0) is 37.1 Å². The van der Waals surface area contributed by atoms with Crippen molar-refractivity contribution in [2.45, 2.75) is 20.3 Å². The van der Waals surface area contributed by atoms with E-state index in [4.69, 9.17) is 13.0 Å². The molecule has 74 valence electrons. The lowest BCUT2D eigenvalue weighted by Gasteiger charge is -2.05. The van der Waals surface area contributed by atoms with Gasteiger partial charge in [0.15, 0.2) is 5.78 Å². The highest BCUT2D eigenvalue weighted by Gasteiger charge is 2.06. The molecule has 0 unspecified atom stereocenters. The van der Waals surface area contributed by atoms with Gasteiger partial charge in [0.1, 0.15) is 0 Å². The van der Waals surface area contributed by atoms with E-state index in [-0.39, 0.29) is 5.78 Å². The van der Waals surface area contributed by atoms with E-state index in [1.165, 1.54) is 6.08 Å². The largest absolute Gasteiger partial charge is 0.294 e. The molecule has 0 N–H and O–H groups in total. The van der Waals surface area contributed by atoms with Crippen LogP contribution in [0.4, 0.5) is 0 Å². The summed E-state index contributed by atoms with van der Waals surface area (Å²) in [6.07, 6.45) is 3.55. The molecule has 1 rings (SSSR count). The minimum absolute atomic E-state index is 0.0280. The molecule has 0 saturated heterocycles. The molecular formula is C12H13ClO. The van der Waals surface area contributed by atoms with E-state index in [1.807, 2.05) is 6.92 Å². The summed E-state index contributed by atoms with van der Waals surface area (Å²) in [6, 6.07) is 3.65. The van der Waals surface area contributed by atoms with Crippen LogP contribution in [0.2, 0.25) is 5.02 Å². The Morgan fingerprint density at radius 2 is 2.36 bits per heavy atom. The van der Waals surface area contributed by atoms with Crippen LogP contribution in [0.25, 0.3) is 0 Å². The number of hydrogen-bond acceptors (Lipinski definition) is 1. The van der Waals surface area contributed by atoms with Gasteiger partial charge in [-0.15, -0.1) is 0 Å². The standard InChI is InChI=1S/C12H13ClO/c1-3-5-10(14)8-11-9(2)6-4-7-12(11)13/h3-7H,8H2,1-2H3/b5-3+/i4D. The lowest BCUT2D eigenvalue weighted by atomic mass is 10.0. The fraction of sp³-hybridized carbons (Fsp3) is 0.250. The molecule has 0 saturated carbocycles.